The van der Waals surface area contributed by atoms with Crippen LogP contribution >= 0.6 is 15.3 Å². The lowest BCUT2D eigenvalue weighted by molar-refractivity contribution is 0.734. The van der Waals surface area contributed by atoms with Crippen LogP contribution in [0.5, 0.6) is 0 Å². The van der Waals surface area contributed by atoms with E-state index in [1.807, 2.05) is 0 Å². The predicted molar refractivity (Wildman–Crippen MR) is 37.1 cm³/mol. The normalized spacial score (nSPS) is 12.0. The van der Waals surface area contributed by atoms with E-state index < -0.39 is 0 Å². The topological polar surface area (TPSA) is 0 Å². The third-order valence-corrected chi connectivity index (χ3v) is 3.43. The average molecular weight is 167 g/mol. The lowest BCUT2D eigenvalue weighted by atomic mass is 10.3. The maximum Gasteiger partial charge on any atom is 0.0988 e. The summed E-state index contributed by atoms with van der Waals surface area (Å²) in [6.07, 6.45) is 0. The summed E-state index contributed by atoms with van der Waals surface area (Å²) in [4.78, 5) is 0. The Bertz CT molecular complexity index is 28.7. The van der Waals surface area contributed by atoms with Crippen molar-refractivity contribution in [2.45, 2.75) is 19.9 Å². The molecule has 0 spiro atoms. The van der Waals surface area contributed by atoms with Crippen molar-refractivity contribution >= 4 is 23.4 Å². The molecule has 0 amide bonds. The van der Waals surface area contributed by atoms with E-state index in [2.05, 4.69) is 29.1 Å². The highest BCUT2D eigenvalue weighted by atomic mass is 79.9. The van der Waals surface area contributed by atoms with Gasteiger partial charge in [0.1, 0.15) is 0 Å². The molecule has 38 valence electrons. The summed E-state index contributed by atoms with van der Waals surface area (Å²) in [6, 6.07) is 1.43. The number of hydrogen-bond acceptors (Lipinski definition) is 0. The van der Waals surface area contributed by atoms with Crippen LogP contribution in [-0.2, 0) is 0 Å². The van der Waals surface area contributed by atoms with Crippen LogP contribution in [-0.4, -0.2) is 8.14 Å². The molecule has 0 atom stereocenters. The van der Waals surface area contributed by atoms with E-state index in [1.165, 1.54) is 6.04 Å². The molecule has 0 saturated carbocycles. The first-order valence-electron chi connectivity index (χ1n) is 2.33. The van der Waals surface area contributed by atoms with Gasteiger partial charge in [-0.2, -0.15) is 0 Å². The van der Waals surface area contributed by atoms with Crippen molar-refractivity contribution in [2.24, 2.45) is 5.92 Å². The van der Waals surface area contributed by atoms with Crippen LogP contribution in [0, 0.1) is 5.92 Å². The Balaban J connectivity index is 2.63. The second-order valence-electron chi connectivity index (χ2n) is 1.87. The van der Waals surface area contributed by atoms with Gasteiger partial charge in [-0.1, -0.05) is 19.9 Å². The molecule has 0 heterocycles. The number of halogens is 1. The Hall–Kier alpha value is 0.697. The minimum Gasteiger partial charge on any atom is -0.135 e. The molecular weight excluding hydrogens is 156 g/mol. The molecule has 0 unspecified atom stereocenters. The van der Waals surface area contributed by atoms with Gasteiger partial charge in [0.2, 0.25) is 0 Å². The molecule has 0 aromatic rings. The van der Waals surface area contributed by atoms with Gasteiger partial charge >= 0.3 is 0 Å². The van der Waals surface area contributed by atoms with Crippen LogP contribution in [0.4, 0.5) is 0 Å². The maximum atomic E-state index is 3.49. The largest absolute Gasteiger partial charge is 0.135 e. The van der Waals surface area contributed by atoms with Gasteiger partial charge in [-0.3, -0.25) is 0 Å². The molecule has 0 saturated heterocycles. The van der Waals surface area contributed by atoms with E-state index in [4.69, 9.17) is 0 Å². The third-order valence-electron chi connectivity index (χ3n) is 0.686. The lowest BCUT2D eigenvalue weighted by Gasteiger charge is -1.94. The molecule has 0 aromatic carbocycles. The zero-order chi connectivity index (χ0) is 4.99. The summed E-state index contributed by atoms with van der Waals surface area (Å²) >= 11 is 3.49. The van der Waals surface area contributed by atoms with Crippen molar-refractivity contribution in [3.8, 4) is 0 Å². The van der Waals surface area contributed by atoms with Gasteiger partial charge in [-0.15, -0.1) is 15.3 Å². The lowest BCUT2D eigenvalue weighted by Crippen LogP contribution is -1.86. The van der Waals surface area contributed by atoms with Crippen molar-refractivity contribution in [3.63, 3.8) is 0 Å². The molecular formula is C4H11BrSi. The predicted octanol–water partition coefficient (Wildman–Crippen LogP) is 1.54. The number of hydrogen-bond donors (Lipinski definition) is 0. The van der Waals surface area contributed by atoms with Crippen LogP contribution in [0.3, 0.4) is 0 Å². The fraction of sp³-hybridized carbons (Fsp3) is 1.00. The van der Waals surface area contributed by atoms with Crippen LogP contribution in [0.1, 0.15) is 13.8 Å². The first-order chi connectivity index (χ1) is 2.77. The summed E-state index contributed by atoms with van der Waals surface area (Å²) in [6.45, 7) is 4.52. The molecule has 0 bridgehead atoms. The van der Waals surface area contributed by atoms with Gasteiger partial charge in [-0.05, 0) is 5.92 Å². The zero-order valence-electron chi connectivity index (χ0n) is 4.37. The van der Waals surface area contributed by atoms with Crippen LogP contribution in [0.2, 0.25) is 6.04 Å². The van der Waals surface area contributed by atoms with Crippen molar-refractivity contribution in [2.75, 3.05) is 0 Å². The minimum atomic E-state index is 0.179. The summed E-state index contributed by atoms with van der Waals surface area (Å²) < 4.78 is 0. The van der Waals surface area contributed by atoms with Crippen molar-refractivity contribution < 1.29 is 0 Å². The van der Waals surface area contributed by atoms with Crippen molar-refractivity contribution in [1.29, 1.82) is 0 Å². The second-order valence-corrected chi connectivity index (χ2v) is 5.21. The molecule has 0 aliphatic carbocycles. The maximum absolute atomic E-state index is 3.49. The first-order valence-corrected chi connectivity index (χ1v) is 7.23. The van der Waals surface area contributed by atoms with Gasteiger partial charge in [-0.25, -0.2) is 0 Å². The fourth-order valence-electron chi connectivity index (χ4n) is 0.218. The monoisotopic (exact) mass is 166 g/mol. The molecule has 0 nitrogen and oxygen atoms in total. The summed E-state index contributed by atoms with van der Waals surface area (Å²) in [5.41, 5.74) is 0. The third kappa shape index (κ3) is 4.70. The zero-order valence-corrected chi connectivity index (χ0v) is 7.37. The summed E-state index contributed by atoms with van der Waals surface area (Å²) in [5, 5.41) is 0. The molecule has 0 rings (SSSR count). The molecule has 0 aliphatic rings. The summed E-state index contributed by atoms with van der Waals surface area (Å²) in [5.74, 6) is 0.913. The first kappa shape index (κ1) is 6.70. The molecule has 2 heteroatoms. The van der Waals surface area contributed by atoms with E-state index in [1.54, 1.807) is 0 Å². The Morgan fingerprint density at radius 3 is 2.17 bits per heavy atom. The Morgan fingerprint density at radius 1 is 1.67 bits per heavy atom. The van der Waals surface area contributed by atoms with Crippen molar-refractivity contribution in [3.05, 3.63) is 0 Å². The molecule has 0 N–H and O–H groups in total. The van der Waals surface area contributed by atoms with E-state index >= 15 is 0 Å². The summed E-state index contributed by atoms with van der Waals surface area (Å²) in [7, 11) is 0.179. The van der Waals surface area contributed by atoms with E-state index in [0.717, 1.165) is 5.92 Å². The van der Waals surface area contributed by atoms with Crippen LogP contribution in [0.25, 0.3) is 0 Å². The Labute approximate surface area is 49.7 Å². The molecule has 6 heavy (non-hydrogen) atoms. The SMILES string of the molecule is CC(C)C[SiH2]Br. The van der Waals surface area contributed by atoms with E-state index in [9.17, 15) is 0 Å². The Kier molecular flexibility index (Phi) is 4.32. The molecule has 0 fully saturated rings. The van der Waals surface area contributed by atoms with Crippen LogP contribution < -0.4 is 0 Å². The fourth-order valence-corrected chi connectivity index (χ4v) is 3.40. The van der Waals surface area contributed by atoms with Gasteiger partial charge in [0.25, 0.3) is 0 Å². The van der Waals surface area contributed by atoms with Gasteiger partial charge in [0.05, 0.1) is 8.14 Å². The van der Waals surface area contributed by atoms with Crippen LogP contribution in [0.15, 0.2) is 0 Å². The van der Waals surface area contributed by atoms with E-state index in [-0.39, 0.29) is 8.14 Å². The quantitative estimate of drug-likeness (QED) is 0.432. The van der Waals surface area contributed by atoms with Gasteiger partial charge < -0.3 is 0 Å². The minimum absolute atomic E-state index is 0.179. The second kappa shape index (κ2) is 3.87. The average Bonchev–Trinajstić information content (AvgIpc) is 1.35. The molecule has 0 aromatic heterocycles. The smallest absolute Gasteiger partial charge is 0.0988 e. The van der Waals surface area contributed by atoms with Gasteiger partial charge in [0.15, 0.2) is 0 Å². The number of rotatable bonds is 2. The van der Waals surface area contributed by atoms with Gasteiger partial charge in [0, 0.05) is 0 Å². The van der Waals surface area contributed by atoms with E-state index in [0.29, 0.717) is 0 Å². The highest BCUT2D eigenvalue weighted by Crippen LogP contribution is 1.99. The highest BCUT2D eigenvalue weighted by Gasteiger charge is 1.87. The molecule has 0 radical (unpaired) electrons. The van der Waals surface area contributed by atoms with Crippen molar-refractivity contribution in [1.82, 2.24) is 0 Å². The Morgan fingerprint density at radius 2 is 2.17 bits per heavy atom. The standard InChI is InChI=1S/C4H11BrSi/c1-4(2)3-6-5/h4H,3,6H2,1-2H3. The molecule has 0 aliphatic heterocycles. The highest BCUT2D eigenvalue weighted by molar-refractivity contribution is 9.23.